The highest BCUT2D eigenvalue weighted by molar-refractivity contribution is 5.80. The van der Waals surface area contributed by atoms with Crippen LogP contribution in [-0.4, -0.2) is 46.5 Å². The highest BCUT2D eigenvalue weighted by atomic mass is 16.5. The molecule has 20 heavy (non-hydrogen) atoms. The summed E-state index contributed by atoms with van der Waals surface area (Å²) in [4.78, 5) is 18.5. The van der Waals surface area contributed by atoms with Crippen molar-refractivity contribution in [1.29, 1.82) is 0 Å². The molecule has 5 heteroatoms. The number of carbonyl (C=O) groups is 1. The number of morpholine rings is 1. The minimum absolute atomic E-state index is 0.149. The molecule has 0 spiro atoms. The molecule has 0 saturated carbocycles. The SMILES string of the molecule is CC(=O)Cn1c(CN2CCOCC2)nc2ccccc21. The van der Waals surface area contributed by atoms with E-state index in [-0.39, 0.29) is 5.78 Å². The summed E-state index contributed by atoms with van der Waals surface area (Å²) < 4.78 is 7.40. The number of fused-ring (bicyclic) bond motifs is 1. The molecule has 0 aliphatic carbocycles. The average molecular weight is 273 g/mol. The second-order valence-corrected chi connectivity index (χ2v) is 5.19. The van der Waals surface area contributed by atoms with Crippen LogP contribution in [0.25, 0.3) is 11.0 Å². The maximum absolute atomic E-state index is 11.5. The van der Waals surface area contributed by atoms with Crippen molar-refractivity contribution >= 4 is 16.8 Å². The molecule has 1 saturated heterocycles. The average Bonchev–Trinajstić information content (AvgIpc) is 2.78. The number of benzene rings is 1. The molecule has 1 aliphatic rings. The zero-order valence-corrected chi connectivity index (χ0v) is 11.7. The Morgan fingerprint density at radius 1 is 1.30 bits per heavy atom. The Kier molecular flexibility index (Phi) is 3.80. The Balaban J connectivity index is 1.93. The number of hydrogen-bond donors (Lipinski definition) is 0. The Morgan fingerprint density at radius 3 is 2.80 bits per heavy atom. The third-order valence-electron chi connectivity index (χ3n) is 3.58. The van der Waals surface area contributed by atoms with E-state index in [0.29, 0.717) is 6.54 Å². The summed E-state index contributed by atoms with van der Waals surface area (Å²) in [5.41, 5.74) is 1.99. The van der Waals surface area contributed by atoms with Gasteiger partial charge in [-0.25, -0.2) is 4.98 Å². The fourth-order valence-corrected chi connectivity index (χ4v) is 2.60. The number of carbonyl (C=O) groups excluding carboxylic acids is 1. The van der Waals surface area contributed by atoms with Crippen molar-refractivity contribution in [3.05, 3.63) is 30.1 Å². The minimum atomic E-state index is 0.149. The lowest BCUT2D eigenvalue weighted by atomic mass is 10.3. The molecule has 1 fully saturated rings. The first-order valence-electron chi connectivity index (χ1n) is 6.98. The second kappa shape index (κ2) is 5.73. The number of para-hydroxylation sites is 2. The van der Waals surface area contributed by atoms with Gasteiger partial charge in [-0.05, 0) is 19.1 Å². The molecular weight excluding hydrogens is 254 g/mol. The fraction of sp³-hybridized carbons (Fsp3) is 0.467. The van der Waals surface area contributed by atoms with Gasteiger partial charge in [-0.15, -0.1) is 0 Å². The van der Waals surface area contributed by atoms with E-state index in [1.165, 1.54) is 0 Å². The van der Waals surface area contributed by atoms with Crippen LogP contribution in [0.4, 0.5) is 0 Å². The lowest BCUT2D eigenvalue weighted by Gasteiger charge is -2.26. The van der Waals surface area contributed by atoms with Gasteiger partial charge in [0.2, 0.25) is 0 Å². The fourth-order valence-electron chi connectivity index (χ4n) is 2.60. The first kappa shape index (κ1) is 13.3. The normalized spacial score (nSPS) is 16.6. The maximum atomic E-state index is 11.5. The minimum Gasteiger partial charge on any atom is -0.379 e. The smallest absolute Gasteiger partial charge is 0.149 e. The number of hydrogen-bond acceptors (Lipinski definition) is 4. The van der Waals surface area contributed by atoms with Gasteiger partial charge >= 0.3 is 0 Å². The third-order valence-corrected chi connectivity index (χ3v) is 3.58. The molecule has 0 atom stereocenters. The van der Waals surface area contributed by atoms with E-state index in [4.69, 9.17) is 4.74 Å². The summed E-state index contributed by atoms with van der Waals surface area (Å²) in [6.07, 6.45) is 0. The lowest BCUT2D eigenvalue weighted by molar-refractivity contribution is -0.117. The van der Waals surface area contributed by atoms with Crippen molar-refractivity contribution in [2.75, 3.05) is 26.3 Å². The summed E-state index contributed by atoms with van der Waals surface area (Å²) in [5.74, 6) is 1.11. The highest BCUT2D eigenvalue weighted by Crippen LogP contribution is 2.17. The topological polar surface area (TPSA) is 47.4 Å². The molecule has 0 radical (unpaired) electrons. The van der Waals surface area contributed by atoms with E-state index >= 15 is 0 Å². The first-order valence-corrected chi connectivity index (χ1v) is 6.98. The molecule has 3 rings (SSSR count). The quantitative estimate of drug-likeness (QED) is 0.846. The Morgan fingerprint density at radius 2 is 2.05 bits per heavy atom. The van der Waals surface area contributed by atoms with Crippen LogP contribution in [0, 0.1) is 0 Å². The predicted octanol–water partition coefficient (Wildman–Crippen LogP) is 1.46. The van der Waals surface area contributed by atoms with Crippen molar-refractivity contribution < 1.29 is 9.53 Å². The zero-order chi connectivity index (χ0) is 13.9. The Hall–Kier alpha value is -1.72. The predicted molar refractivity (Wildman–Crippen MR) is 76.5 cm³/mol. The van der Waals surface area contributed by atoms with E-state index in [1.807, 2.05) is 28.8 Å². The monoisotopic (exact) mass is 273 g/mol. The molecular formula is C15H19N3O2. The third kappa shape index (κ3) is 2.73. The molecule has 5 nitrogen and oxygen atoms in total. The molecule has 0 amide bonds. The van der Waals surface area contributed by atoms with Crippen LogP contribution in [0.5, 0.6) is 0 Å². The van der Waals surface area contributed by atoms with E-state index in [9.17, 15) is 4.79 Å². The number of ether oxygens (including phenoxy) is 1. The summed E-state index contributed by atoms with van der Waals surface area (Å²) >= 11 is 0. The van der Waals surface area contributed by atoms with Gasteiger partial charge in [-0.3, -0.25) is 9.69 Å². The molecule has 106 valence electrons. The molecule has 1 aromatic carbocycles. The standard InChI is InChI=1S/C15H19N3O2/c1-12(19)10-18-14-5-3-2-4-13(14)16-15(18)11-17-6-8-20-9-7-17/h2-5H,6-11H2,1H3. The van der Waals surface area contributed by atoms with Gasteiger partial charge in [0.05, 0.1) is 37.3 Å². The number of aromatic nitrogens is 2. The van der Waals surface area contributed by atoms with E-state index in [0.717, 1.165) is 49.7 Å². The van der Waals surface area contributed by atoms with Gasteiger partial charge in [0, 0.05) is 13.1 Å². The lowest BCUT2D eigenvalue weighted by Crippen LogP contribution is -2.36. The van der Waals surface area contributed by atoms with Crippen LogP contribution < -0.4 is 0 Å². The van der Waals surface area contributed by atoms with Crippen molar-refractivity contribution in [2.45, 2.75) is 20.0 Å². The Bertz CT molecular complexity index is 615. The van der Waals surface area contributed by atoms with Crippen LogP contribution in [0.3, 0.4) is 0 Å². The van der Waals surface area contributed by atoms with Crippen molar-refractivity contribution in [3.63, 3.8) is 0 Å². The van der Waals surface area contributed by atoms with Gasteiger partial charge in [0.1, 0.15) is 11.6 Å². The number of nitrogens with zero attached hydrogens (tertiary/aromatic N) is 3. The van der Waals surface area contributed by atoms with Crippen LogP contribution in [0.15, 0.2) is 24.3 Å². The zero-order valence-electron chi connectivity index (χ0n) is 11.7. The molecule has 1 aliphatic heterocycles. The summed E-state index contributed by atoms with van der Waals surface area (Å²) in [5, 5.41) is 0. The Labute approximate surface area is 118 Å². The number of rotatable bonds is 4. The van der Waals surface area contributed by atoms with Gasteiger partial charge in [0.15, 0.2) is 0 Å². The van der Waals surface area contributed by atoms with Gasteiger partial charge in [-0.1, -0.05) is 12.1 Å². The summed E-state index contributed by atoms with van der Waals surface area (Å²) in [6, 6.07) is 7.98. The van der Waals surface area contributed by atoms with Crippen LogP contribution in [0.2, 0.25) is 0 Å². The van der Waals surface area contributed by atoms with Crippen LogP contribution in [0.1, 0.15) is 12.7 Å². The van der Waals surface area contributed by atoms with E-state index < -0.39 is 0 Å². The molecule has 2 aromatic rings. The summed E-state index contributed by atoms with van der Waals surface area (Å²) in [6.45, 7) is 6.16. The van der Waals surface area contributed by atoms with Crippen LogP contribution in [-0.2, 0) is 22.6 Å². The molecule has 0 N–H and O–H groups in total. The molecule has 0 unspecified atom stereocenters. The largest absolute Gasteiger partial charge is 0.379 e. The molecule has 0 bridgehead atoms. The number of ketones is 1. The van der Waals surface area contributed by atoms with Crippen molar-refractivity contribution in [2.24, 2.45) is 0 Å². The van der Waals surface area contributed by atoms with Crippen LogP contribution >= 0.6 is 0 Å². The number of Topliss-reactive ketones (excluding diaryl/α,β-unsaturated/α-hetero) is 1. The first-order chi connectivity index (χ1) is 9.74. The maximum Gasteiger partial charge on any atom is 0.149 e. The van der Waals surface area contributed by atoms with Gasteiger partial charge in [-0.2, -0.15) is 0 Å². The highest BCUT2D eigenvalue weighted by Gasteiger charge is 2.17. The van der Waals surface area contributed by atoms with E-state index in [1.54, 1.807) is 6.92 Å². The van der Waals surface area contributed by atoms with E-state index in [2.05, 4.69) is 9.88 Å². The second-order valence-electron chi connectivity index (χ2n) is 5.19. The van der Waals surface area contributed by atoms with Gasteiger partial charge < -0.3 is 9.30 Å². The van der Waals surface area contributed by atoms with Gasteiger partial charge in [0.25, 0.3) is 0 Å². The molecule has 1 aromatic heterocycles. The number of imidazole rings is 1. The van der Waals surface area contributed by atoms with Crippen molar-refractivity contribution in [1.82, 2.24) is 14.5 Å². The summed E-state index contributed by atoms with van der Waals surface area (Å²) in [7, 11) is 0. The van der Waals surface area contributed by atoms with Crippen molar-refractivity contribution in [3.8, 4) is 0 Å². The molecule has 2 heterocycles.